The Kier molecular flexibility index (Phi) is 5.18. The fourth-order valence-electron chi connectivity index (χ4n) is 3.09. The summed E-state index contributed by atoms with van der Waals surface area (Å²) in [7, 11) is 1.24. The summed E-state index contributed by atoms with van der Waals surface area (Å²) in [5.41, 5.74) is -1.26. The number of aromatic hydroxyl groups is 2. The minimum Gasteiger partial charge on any atom is -0.493 e. The molecule has 0 spiro atoms. The molecule has 0 radical (unpaired) electrons. The van der Waals surface area contributed by atoms with Crippen LogP contribution in [-0.2, 0) is 4.74 Å². The van der Waals surface area contributed by atoms with Gasteiger partial charge in [-0.25, -0.2) is 14.8 Å². The number of nitrogens with zero attached hydrogens (tertiary/aromatic N) is 2. The highest BCUT2D eigenvalue weighted by molar-refractivity contribution is 5.89. The maximum absolute atomic E-state index is 12.6. The summed E-state index contributed by atoms with van der Waals surface area (Å²) in [6.45, 7) is 2.98. The molecule has 2 heterocycles. The van der Waals surface area contributed by atoms with Gasteiger partial charge in [0.2, 0.25) is 11.8 Å². The van der Waals surface area contributed by atoms with E-state index in [4.69, 9.17) is 0 Å². The average molecular weight is 398 g/mol. The third kappa shape index (κ3) is 3.72. The third-order valence-electron chi connectivity index (χ3n) is 4.35. The number of aryl methyl sites for hydroxylation is 2. The van der Waals surface area contributed by atoms with Gasteiger partial charge >= 0.3 is 5.97 Å². The van der Waals surface area contributed by atoms with E-state index < -0.39 is 34.8 Å². The molecule has 1 aromatic carbocycles. The van der Waals surface area contributed by atoms with E-state index in [0.717, 1.165) is 0 Å². The fraction of sp³-hybridized carbons (Fsp3) is 0.211. The van der Waals surface area contributed by atoms with Crippen LogP contribution in [0.3, 0.4) is 0 Å². The number of carbonyl (C=O) groups excluding carboxylic acids is 1. The van der Waals surface area contributed by atoms with Gasteiger partial charge in [0.05, 0.1) is 29.7 Å². The van der Waals surface area contributed by atoms with E-state index in [1.54, 1.807) is 0 Å². The Labute approximate surface area is 163 Å². The van der Waals surface area contributed by atoms with Crippen molar-refractivity contribution in [2.75, 3.05) is 7.11 Å². The summed E-state index contributed by atoms with van der Waals surface area (Å²) >= 11 is 0. The molecular formula is C19H18N4O6. The molecular weight excluding hydrogens is 380 g/mol. The lowest BCUT2D eigenvalue weighted by molar-refractivity contribution is 0.0600. The molecule has 0 atom stereocenters. The number of hydrogen-bond donors (Lipinski definition) is 4. The number of rotatable bonds is 4. The van der Waals surface area contributed by atoms with Gasteiger partial charge < -0.3 is 24.9 Å². The van der Waals surface area contributed by atoms with Gasteiger partial charge in [-0.2, -0.15) is 0 Å². The number of aromatic amines is 2. The van der Waals surface area contributed by atoms with Crippen molar-refractivity contribution in [2.24, 2.45) is 0 Å². The Morgan fingerprint density at radius 1 is 0.931 bits per heavy atom. The predicted octanol–water partition coefficient (Wildman–Crippen LogP) is 0.848. The molecule has 0 unspecified atom stereocenters. The molecule has 0 aliphatic rings. The van der Waals surface area contributed by atoms with Crippen LogP contribution in [-0.4, -0.2) is 43.2 Å². The van der Waals surface area contributed by atoms with Gasteiger partial charge in [0.1, 0.15) is 11.6 Å². The molecule has 10 nitrogen and oxygen atoms in total. The summed E-state index contributed by atoms with van der Waals surface area (Å²) in [6, 6.07) is 5.84. The molecule has 2 aromatic heterocycles. The fourth-order valence-corrected chi connectivity index (χ4v) is 3.09. The molecule has 3 rings (SSSR count). The van der Waals surface area contributed by atoms with E-state index in [-0.39, 0.29) is 28.3 Å². The first-order valence-corrected chi connectivity index (χ1v) is 8.50. The second kappa shape index (κ2) is 7.58. The minimum atomic E-state index is -1.20. The van der Waals surface area contributed by atoms with Crippen LogP contribution in [0.5, 0.6) is 11.8 Å². The van der Waals surface area contributed by atoms with Crippen LogP contribution in [0.15, 0.2) is 33.9 Å². The first kappa shape index (κ1) is 19.8. The van der Waals surface area contributed by atoms with Gasteiger partial charge in [0.25, 0.3) is 11.1 Å². The van der Waals surface area contributed by atoms with E-state index >= 15 is 0 Å². The standard InChI is InChI=1S/C19H18N4O6/c1-8-20-15(24)13(16(25)21-8)12(14-17(26)22-9(2)23-18(14)27)10-4-6-11(7-5-10)19(28)29-3/h4-7,12H,1-3H3,(H2,20,21,24,25)(H2,22,23,26,27). The topological polar surface area (TPSA) is 158 Å². The second-order valence-electron chi connectivity index (χ2n) is 6.32. The highest BCUT2D eigenvalue weighted by atomic mass is 16.5. The normalized spacial score (nSPS) is 10.9. The summed E-state index contributed by atoms with van der Waals surface area (Å²) < 4.78 is 4.66. The van der Waals surface area contributed by atoms with E-state index in [0.29, 0.717) is 5.56 Å². The van der Waals surface area contributed by atoms with Gasteiger partial charge in [-0.3, -0.25) is 9.59 Å². The number of nitrogens with one attached hydrogen (secondary N) is 2. The summed E-state index contributed by atoms with van der Waals surface area (Å²) in [5.74, 6) is -2.59. The van der Waals surface area contributed by atoms with Gasteiger partial charge in [0.15, 0.2) is 0 Å². The van der Waals surface area contributed by atoms with E-state index in [9.17, 15) is 24.6 Å². The molecule has 29 heavy (non-hydrogen) atoms. The molecule has 0 aliphatic carbocycles. The Morgan fingerprint density at radius 3 is 1.76 bits per heavy atom. The summed E-state index contributed by atoms with van der Waals surface area (Å²) in [4.78, 5) is 49.6. The number of esters is 1. The summed E-state index contributed by atoms with van der Waals surface area (Å²) in [5, 5.41) is 20.7. The lowest BCUT2D eigenvalue weighted by atomic mass is 9.86. The average Bonchev–Trinajstić information content (AvgIpc) is 2.64. The molecule has 10 heteroatoms. The van der Waals surface area contributed by atoms with Crippen molar-refractivity contribution in [3.8, 4) is 11.8 Å². The number of hydrogen-bond acceptors (Lipinski definition) is 8. The SMILES string of the molecule is COC(=O)c1ccc(C(c2c(O)nc(C)[nH]c2=O)c2c(O)nc(C)[nH]c2=O)cc1. The Balaban J connectivity index is 2.31. The first-order chi connectivity index (χ1) is 13.7. The molecule has 0 fully saturated rings. The van der Waals surface area contributed by atoms with Crippen molar-refractivity contribution in [3.05, 3.63) is 78.9 Å². The predicted molar refractivity (Wildman–Crippen MR) is 101 cm³/mol. The highest BCUT2D eigenvalue weighted by Crippen LogP contribution is 2.35. The van der Waals surface area contributed by atoms with Crippen LogP contribution in [0.25, 0.3) is 0 Å². The Bertz CT molecular complexity index is 1130. The second-order valence-corrected chi connectivity index (χ2v) is 6.32. The Morgan fingerprint density at radius 2 is 1.38 bits per heavy atom. The third-order valence-corrected chi connectivity index (χ3v) is 4.35. The smallest absolute Gasteiger partial charge is 0.337 e. The van der Waals surface area contributed by atoms with E-state index in [1.807, 2.05) is 0 Å². The highest BCUT2D eigenvalue weighted by Gasteiger charge is 2.30. The zero-order chi connectivity index (χ0) is 21.3. The molecule has 0 bridgehead atoms. The molecule has 3 aromatic rings. The van der Waals surface area contributed by atoms with E-state index in [1.165, 1.54) is 45.2 Å². The number of benzene rings is 1. The lowest BCUT2D eigenvalue weighted by Gasteiger charge is -2.18. The first-order valence-electron chi connectivity index (χ1n) is 8.50. The van der Waals surface area contributed by atoms with Crippen LogP contribution in [0.1, 0.15) is 44.6 Å². The number of carbonyl (C=O) groups is 1. The van der Waals surface area contributed by atoms with Crippen molar-refractivity contribution < 1.29 is 19.7 Å². The zero-order valence-electron chi connectivity index (χ0n) is 15.8. The Hall–Kier alpha value is -3.95. The quantitative estimate of drug-likeness (QED) is 0.471. The van der Waals surface area contributed by atoms with Crippen LogP contribution in [0.4, 0.5) is 0 Å². The monoisotopic (exact) mass is 398 g/mol. The minimum absolute atomic E-state index is 0.177. The van der Waals surface area contributed by atoms with Crippen molar-refractivity contribution in [3.63, 3.8) is 0 Å². The van der Waals surface area contributed by atoms with Crippen LogP contribution in [0.2, 0.25) is 0 Å². The van der Waals surface area contributed by atoms with Gasteiger partial charge in [0, 0.05) is 0 Å². The number of aromatic nitrogens is 4. The zero-order valence-corrected chi connectivity index (χ0v) is 15.8. The molecule has 0 aliphatic heterocycles. The lowest BCUT2D eigenvalue weighted by Crippen LogP contribution is -2.26. The molecule has 4 N–H and O–H groups in total. The maximum atomic E-state index is 12.6. The van der Waals surface area contributed by atoms with Crippen LogP contribution < -0.4 is 11.1 Å². The molecule has 0 amide bonds. The van der Waals surface area contributed by atoms with Gasteiger partial charge in [-0.1, -0.05) is 12.1 Å². The number of methoxy groups -OCH3 is 1. The largest absolute Gasteiger partial charge is 0.493 e. The van der Waals surface area contributed by atoms with Gasteiger partial charge in [-0.05, 0) is 31.5 Å². The molecule has 0 saturated heterocycles. The van der Waals surface area contributed by atoms with Crippen molar-refractivity contribution >= 4 is 5.97 Å². The van der Waals surface area contributed by atoms with Crippen molar-refractivity contribution in [1.82, 2.24) is 19.9 Å². The maximum Gasteiger partial charge on any atom is 0.337 e. The summed E-state index contributed by atoms with van der Waals surface area (Å²) in [6.07, 6.45) is 0. The van der Waals surface area contributed by atoms with Gasteiger partial charge in [-0.15, -0.1) is 0 Å². The van der Waals surface area contributed by atoms with Crippen molar-refractivity contribution in [1.29, 1.82) is 0 Å². The number of ether oxygens (including phenoxy) is 1. The van der Waals surface area contributed by atoms with Crippen LogP contribution >= 0.6 is 0 Å². The number of H-pyrrole nitrogens is 2. The van der Waals surface area contributed by atoms with E-state index in [2.05, 4.69) is 24.7 Å². The van der Waals surface area contributed by atoms with Crippen LogP contribution in [0, 0.1) is 13.8 Å². The molecule has 150 valence electrons. The molecule has 0 saturated carbocycles. The van der Waals surface area contributed by atoms with Crippen molar-refractivity contribution in [2.45, 2.75) is 19.8 Å².